The molecule has 2 aromatic rings. The Morgan fingerprint density at radius 3 is 2.30 bits per heavy atom. The first-order chi connectivity index (χ1) is 14.0. The number of ether oxygens (including phenoxy) is 1. The van der Waals surface area contributed by atoms with Crippen LogP contribution in [0.2, 0.25) is 5.02 Å². The molecule has 0 radical (unpaired) electrons. The van der Waals surface area contributed by atoms with Crippen LogP contribution in [-0.2, 0) is 26.2 Å². The predicted octanol–water partition coefficient (Wildman–Crippen LogP) is 4.62. The fourth-order valence-electron chi connectivity index (χ4n) is 2.31. The Morgan fingerprint density at radius 1 is 1.10 bits per heavy atom. The summed E-state index contributed by atoms with van der Waals surface area (Å²) in [5, 5.41) is 11.5. The molecule has 0 aliphatic rings. The standard InChI is InChI=1S/C18H17Br2ClN2O6S/c1-2-30(27,28)23-13-4-10(3-11(21)5-13)9-29-18-14(19)6-12(7-15(18)20)22-16(24)8-17(25)26/h3-7,23H,2,8-9H2,1H3,(H,22,24)(H,25,26). The first-order valence-electron chi connectivity index (χ1n) is 8.42. The Labute approximate surface area is 195 Å². The molecule has 162 valence electrons. The van der Waals surface area contributed by atoms with Gasteiger partial charge in [-0.2, -0.15) is 0 Å². The first-order valence-corrected chi connectivity index (χ1v) is 12.0. The fraction of sp³-hybridized carbons (Fsp3) is 0.222. The Bertz CT molecular complexity index is 1060. The molecule has 0 saturated carbocycles. The third-order valence-electron chi connectivity index (χ3n) is 3.59. The van der Waals surface area contributed by atoms with E-state index in [0.29, 0.717) is 36.7 Å². The van der Waals surface area contributed by atoms with Crippen molar-refractivity contribution < 1.29 is 27.9 Å². The second-order valence-electron chi connectivity index (χ2n) is 6.03. The monoisotopic (exact) mass is 582 g/mol. The lowest BCUT2D eigenvalue weighted by molar-refractivity contribution is -0.139. The smallest absolute Gasteiger partial charge is 0.312 e. The van der Waals surface area contributed by atoms with E-state index in [4.69, 9.17) is 21.4 Å². The van der Waals surface area contributed by atoms with Gasteiger partial charge in [-0.05, 0) is 74.7 Å². The molecule has 0 atom stereocenters. The minimum atomic E-state index is -3.44. The van der Waals surface area contributed by atoms with Crippen molar-refractivity contribution in [3.8, 4) is 5.75 Å². The third kappa shape index (κ3) is 7.46. The Hall–Kier alpha value is -1.82. The van der Waals surface area contributed by atoms with Gasteiger partial charge in [-0.15, -0.1) is 0 Å². The van der Waals surface area contributed by atoms with Crippen LogP contribution in [0.5, 0.6) is 5.75 Å². The van der Waals surface area contributed by atoms with Gasteiger partial charge in [0, 0.05) is 10.7 Å². The van der Waals surface area contributed by atoms with Gasteiger partial charge in [-0.1, -0.05) is 11.6 Å². The predicted molar refractivity (Wildman–Crippen MR) is 122 cm³/mol. The van der Waals surface area contributed by atoms with Crippen molar-refractivity contribution in [1.29, 1.82) is 0 Å². The molecule has 8 nitrogen and oxygen atoms in total. The van der Waals surface area contributed by atoms with Gasteiger partial charge in [0.1, 0.15) is 18.8 Å². The quantitative estimate of drug-likeness (QED) is 0.370. The molecule has 0 heterocycles. The second-order valence-corrected chi connectivity index (χ2v) is 10.2. The number of anilines is 2. The number of carboxylic acids is 1. The second kappa shape index (κ2) is 10.5. The van der Waals surface area contributed by atoms with Crippen molar-refractivity contribution >= 4 is 76.7 Å². The summed E-state index contributed by atoms with van der Waals surface area (Å²) < 4.78 is 32.8. The summed E-state index contributed by atoms with van der Waals surface area (Å²) in [5.41, 5.74) is 1.35. The van der Waals surface area contributed by atoms with E-state index in [0.717, 1.165) is 0 Å². The maximum absolute atomic E-state index is 11.8. The molecule has 0 aliphatic heterocycles. The van der Waals surface area contributed by atoms with Gasteiger partial charge < -0.3 is 15.2 Å². The van der Waals surface area contributed by atoms with Crippen molar-refractivity contribution in [2.75, 3.05) is 15.8 Å². The molecular weight excluding hydrogens is 568 g/mol. The minimum Gasteiger partial charge on any atom is -0.487 e. The molecule has 0 aliphatic carbocycles. The summed E-state index contributed by atoms with van der Waals surface area (Å²) in [6.45, 7) is 1.61. The molecule has 3 N–H and O–H groups in total. The van der Waals surface area contributed by atoms with Crippen LogP contribution in [0.1, 0.15) is 18.9 Å². The Balaban J connectivity index is 2.15. The number of benzene rings is 2. The summed E-state index contributed by atoms with van der Waals surface area (Å²) in [7, 11) is -3.44. The maximum Gasteiger partial charge on any atom is 0.312 e. The SMILES string of the molecule is CCS(=O)(=O)Nc1cc(Cl)cc(COc2c(Br)cc(NC(=O)CC(=O)O)cc2Br)c1. The lowest BCUT2D eigenvalue weighted by atomic mass is 10.2. The molecule has 2 aromatic carbocycles. The van der Waals surface area contributed by atoms with E-state index in [-0.39, 0.29) is 12.4 Å². The first kappa shape index (κ1) is 24.4. The molecule has 1 amide bonds. The summed E-state index contributed by atoms with van der Waals surface area (Å²) in [6, 6.07) is 7.89. The zero-order valence-corrected chi connectivity index (χ0v) is 20.3. The van der Waals surface area contributed by atoms with E-state index in [1.807, 2.05) is 0 Å². The van der Waals surface area contributed by atoms with Crippen LogP contribution < -0.4 is 14.8 Å². The van der Waals surface area contributed by atoms with Gasteiger partial charge in [0.25, 0.3) is 0 Å². The molecule has 12 heteroatoms. The summed E-state index contributed by atoms with van der Waals surface area (Å²) in [5.74, 6) is -1.52. The van der Waals surface area contributed by atoms with Crippen LogP contribution in [0.15, 0.2) is 39.3 Å². The molecule has 0 spiro atoms. The highest BCUT2D eigenvalue weighted by Crippen LogP contribution is 2.37. The Morgan fingerprint density at radius 2 is 1.73 bits per heavy atom. The van der Waals surface area contributed by atoms with E-state index in [1.54, 1.807) is 24.3 Å². The largest absolute Gasteiger partial charge is 0.487 e. The number of amides is 1. The minimum absolute atomic E-state index is 0.0689. The normalized spacial score (nSPS) is 11.1. The van der Waals surface area contributed by atoms with Gasteiger partial charge in [0.15, 0.2) is 0 Å². The number of carboxylic acid groups (broad SMARTS) is 1. The number of nitrogens with one attached hydrogen (secondary N) is 2. The summed E-state index contributed by atoms with van der Waals surface area (Å²) >= 11 is 12.8. The van der Waals surface area contributed by atoms with E-state index >= 15 is 0 Å². The zero-order chi connectivity index (χ0) is 22.5. The average molecular weight is 585 g/mol. The highest BCUT2D eigenvalue weighted by Gasteiger charge is 2.14. The van der Waals surface area contributed by atoms with Crippen molar-refractivity contribution in [2.24, 2.45) is 0 Å². The summed E-state index contributed by atoms with van der Waals surface area (Å²) in [6.07, 6.45) is -0.646. The number of hydrogen-bond donors (Lipinski definition) is 3. The van der Waals surface area contributed by atoms with Crippen LogP contribution in [0, 0.1) is 0 Å². The van der Waals surface area contributed by atoms with Crippen LogP contribution in [-0.4, -0.2) is 31.2 Å². The zero-order valence-electron chi connectivity index (χ0n) is 15.5. The van der Waals surface area contributed by atoms with Crippen molar-refractivity contribution in [1.82, 2.24) is 0 Å². The molecular formula is C18H17Br2ClN2O6S. The lowest BCUT2D eigenvalue weighted by Gasteiger charge is -2.14. The molecule has 0 aromatic heterocycles. The van der Waals surface area contributed by atoms with Crippen LogP contribution in [0.3, 0.4) is 0 Å². The van der Waals surface area contributed by atoms with Gasteiger partial charge in [0.2, 0.25) is 15.9 Å². The van der Waals surface area contributed by atoms with Crippen LogP contribution in [0.25, 0.3) is 0 Å². The molecule has 0 unspecified atom stereocenters. The Kier molecular flexibility index (Phi) is 8.53. The van der Waals surface area contributed by atoms with Gasteiger partial charge in [-0.3, -0.25) is 14.3 Å². The van der Waals surface area contributed by atoms with Crippen molar-refractivity contribution in [3.05, 3.63) is 49.9 Å². The van der Waals surface area contributed by atoms with E-state index in [2.05, 4.69) is 41.9 Å². The maximum atomic E-state index is 11.8. The fourth-order valence-corrected chi connectivity index (χ4v) is 4.61. The van der Waals surface area contributed by atoms with Crippen molar-refractivity contribution in [2.45, 2.75) is 20.0 Å². The highest BCUT2D eigenvalue weighted by atomic mass is 79.9. The van der Waals surface area contributed by atoms with Crippen molar-refractivity contribution in [3.63, 3.8) is 0 Å². The summed E-state index contributed by atoms with van der Waals surface area (Å²) in [4.78, 5) is 22.2. The molecule has 0 bridgehead atoms. The van der Waals surface area contributed by atoms with Crippen LogP contribution >= 0.6 is 43.5 Å². The number of halogens is 3. The number of aliphatic carboxylic acids is 1. The number of rotatable bonds is 9. The van der Waals surface area contributed by atoms with Gasteiger partial charge in [0.05, 0.1) is 20.4 Å². The number of hydrogen-bond acceptors (Lipinski definition) is 5. The lowest BCUT2D eigenvalue weighted by Crippen LogP contribution is -2.16. The number of carbonyl (C=O) groups excluding carboxylic acids is 1. The number of sulfonamides is 1. The highest BCUT2D eigenvalue weighted by molar-refractivity contribution is 9.11. The molecule has 0 saturated heterocycles. The van der Waals surface area contributed by atoms with E-state index in [9.17, 15) is 18.0 Å². The topological polar surface area (TPSA) is 122 Å². The molecule has 30 heavy (non-hydrogen) atoms. The third-order valence-corrected chi connectivity index (χ3v) is 6.29. The van der Waals surface area contributed by atoms with E-state index in [1.165, 1.54) is 13.0 Å². The van der Waals surface area contributed by atoms with E-state index < -0.39 is 28.3 Å². The van der Waals surface area contributed by atoms with Gasteiger partial charge in [-0.25, -0.2) is 8.42 Å². The van der Waals surface area contributed by atoms with Crippen LogP contribution in [0.4, 0.5) is 11.4 Å². The van der Waals surface area contributed by atoms with Gasteiger partial charge >= 0.3 is 5.97 Å². The molecule has 0 fully saturated rings. The molecule has 2 rings (SSSR count). The average Bonchev–Trinajstić information content (AvgIpc) is 2.59. The number of carbonyl (C=O) groups is 2.